The molecule has 0 atom stereocenters. The fraction of sp³-hybridized carbons (Fsp3) is 0.375. The lowest BCUT2D eigenvalue weighted by atomic mass is 10.4. The molecule has 0 radical (unpaired) electrons. The molecule has 2 rings (SSSR count). The van der Waals surface area contributed by atoms with E-state index in [1.165, 1.54) is 0 Å². The number of esters is 1. The monoisotopic (exact) mass is 164 g/mol. The topological polar surface area (TPSA) is 52.1 Å². The van der Waals surface area contributed by atoms with Gasteiger partial charge in [-0.1, -0.05) is 0 Å². The minimum absolute atomic E-state index is 0.0915. The lowest BCUT2D eigenvalue weighted by Crippen LogP contribution is -2.11. The molecule has 0 saturated heterocycles. The second-order valence-electron chi connectivity index (χ2n) is 2.73. The maximum Gasteiger partial charge on any atom is 0.324 e. The highest BCUT2D eigenvalue weighted by molar-refractivity contribution is 5.76. The van der Waals surface area contributed by atoms with Crippen molar-refractivity contribution < 1.29 is 9.53 Å². The second-order valence-corrected chi connectivity index (χ2v) is 2.73. The summed E-state index contributed by atoms with van der Waals surface area (Å²) in [5.74, 6) is -0.116. The van der Waals surface area contributed by atoms with E-state index in [2.05, 4.69) is 9.97 Å². The molecular formula is C8H8N2O2. The van der Waals surface area contributed by atoms with Crippen molar-refractivity contribution in [2.24, 2.45) is 5.92 Å². The maximum atomic E-state index is 11.1. The van der Waals surface area contributed by atoms with Gasteiger partial charge in [-0.25, -0.2) is 9.97 Å². The number of hydrogen-bond acceptors (Lipinski definition) is 4. The van der Waals surface area contributed by atoms with Crippen molar-refractivity contribution in [3.8, 4) is 6.01 Å². The van der Waals surface area contributed by atoms with Crippen LogP contribution < -0.4 is 4.74 Å². The van der Waals surface area contributed by atoms with Crippen LogP contribution in [-0.4, -0.2) is 15.9 Å². The van der Waals surface area contributed by atoms with Crippen molar-refractivity contribution in [1.82, 2.24) is 9.97 Å². The zero-order chi connectivity index (χ0) is 8.39. The van der Waals surface area contributed by atoms with Crippen LogP contribution in [0.15, 0.2) is 18.5 Å². The lowest BCUT2D eigenvalue weighted by Gasteiger charge is -1.98. The van der Waals surface area contributed by atoms with Gasteiger partial charge < -0.3 is 4.74 Å². The molecule has 0 spiro atoms. The van der Waals surface area contributed by atoms with Crippen molar-refractivity contribution in [3.63, 3.8) is 0 Å². The Morgan fingerprint density at radius 3 is 2.67 bits per heavy atom. The van der Waals surface area contributed by atoms with E-state index in [9.17, 15) is 4.79 Å². The summed E-state index contributed by atoms with van der Waals surface area (Å²) in [6.45, 7) is 0. The summed E-state index contributed by atoms with van der Waals surface area (Å²) >= 11 is 0. The zero-order valence-electron chi connectivity index (χ0n) is 6.43. The Balaban J connectivity index is 1.98. The number of aromatic nitrogens is 2. The highest BCUT2D eigenvalue weighted by Crippen LogP contribution is 2.30. The van der Waals surface area contributed by atoms with Gasteiger partial charge >= 0.3 is 12.0 Å². The van der Waals surface area contributed by atoms with Gasteiger partial charge in [0, 0.05) is 12.4 Å². The average Bonchev–Trinajstić information content (AvgIpc) is 2.88. The van der Waals surface area contributed by atoms with Crippen molar-refractivity contribution in [1.29, 1.82) is 0 Å². The molecule has 0 unspecified atom stereocenters. The molecule has 0 amide bonds. The van der Waals surface area contributed by atoms with Gasteiger partial charge in [0.15, 0.2) is 0 Å². The Bertz CT molecular complexity index is 282. The standard InChI is InChI=1S/C8H8N2O2/c11-7(6-2-3-6)12-8-9-4-1-5-10-8/h1,4-6H,2-3H2. The van der Waals surface area contributed by atoms with Gasteiger partial charge in [-0.15, -0.1) is 0 Å². The van der Waals surface area contributed by atoms with Gasteiger partial charge in [-0.05, 0) is 18.9 Å². The number of carbonyl (C=O) groups excluding carboxylic acids is 1. The quantitative estimate of drug-likeness (QED) is 0.606. The molecule has 1 aliphatic rings. The number of nitrogens with zero attached hydrogens (tertiary/aromatic N) is 2. The Kier molecular flexibility index (Phi) is 1.74. The first-order valence-electron chi connectivity index (χ1n) is 3.85. The van der Waals surface area contributed by atoms with E-state index in [0.717, 1.165) is 12.8 Å². The number of rotatable bonds is 2. The van der Waals surface area contributed by atoms with Crippen molar-refractivity contribution in [2.45, 2.75) is 12.8 Å². The third kappa shape index (κ3) is 1.58. The summed E-state index contributed by atoms with van der Waals surface area (Å²) in [4.78, 5) is 18.6. The van der Waals surface area contributed by atoms with Crippen LogP contribution in [-0.2, 0) is 4.79 Å². The summed E-state index contributed by atoms with van der Waals surface area (Å²) in [7, 11) is 0. The Hall–Kier alpha value is -1.45. The number of ether oxygens (including phenoxy) is 1. The smallest absolute Gasteiger partial charge is 0.324 e. The molecule has 4 heteroatoms. The molecule has 1 aliphatic carbocycles. The highest BCUT2D eigenvalue weighted by Gasteiger charge is 2.32. The van der Waals surface area contributed by atoms with Gasteiger partial charge in [0.2, 0.25) is 0 Å². The summed E-state index contributed by atoms with van der Waals surface area (Å²) in [5.41, 5.74) is 0. The van der Waals surface area contributed by atoms with Crippen LogP contribution in [0.2, 0.25) is 0 Å². The molecule has 4 nitrogen and oxygen atoms in total. The molecule has 0 N–H and O–H groups in total. The van der Waals surface area contributed by atoms with Gasteiger partial charge in [-0.3, -0.25) is 4.79 Å². The van der Waals surface area contributed by atoms with Gasteiger partial charge in [-0.2, -0.15) is 0 Å². The molecule has 1 aromatic heterocycles. The molecule has 0 bridgehead atoms. The summed E-state index contributed by atoms with van der Waals surface area (Å²) in [6.07, 6.45) is 4.96. The second kappa shape index (κ2) is 2.89. The number of carbonyl (C=O) groups is 1. The largest absolute Gasteiger partial charge is 0.391 e. The Labute approximate surface area is 69.6 Å². The minimum atomic E-state index is -0.207. The molecule has 1 aromatic rings. The molecule has 1 fully saturated rings. The molecule has 12 heavy (non-hydrogen) atoms. The Morgan fingerprint density at radius 1 is 1.42 bits per heavy atom. The normalized spacial score (nSPS) is 15.7. The first kappa shape index (κ1) is 7.21. The van der Waals surface area contributed by atoms with E-state index in [4.69, 9.17) is 4.74 Å². The van der Waals surface area contributed by atoms with Gasteiger partial charge in [0.25, 0.3) is 0 Å². The fourth-order valence-corrected chi connectivity index (χ4v) is 0.830. The Morgan fingerprint density at radius 2 is 2.08 bits per heavy atom. The maximum absolute atomic E-state index is 11.1. The average molecular weight is 164 g/mol. The predicted octanol–water partition coefficient (Wildman–Crippen LogP) is 0.792. The van der Waals surface area contributed by atoms with E-state index in [1.54, 1.807) is 18.5 Å². The first-order valence-corrected chi connectivity index (χ1v) is 3.85. The van der Waals surface area contributed by atoms with Crippen molar-refractivity contribution in [3.05, 3.63) is 18.5 Å². The molecule has 62 valence electrons. The van der Waals surface area contributed by atoms with Crippen LogP contribution in [0, 0.1) is 5.92 Å². The van der Waals surface area contributed by atoms with Crippen LogP contribution in [0.1, 0.15) is 12.8 Å². The zero-order valence-corrected chi connectivity index (χ0v) is 6.43. The van der Waals surface area contributed by atoms with E-state index in [1.807, 2.05) is 0 Å². The summed E-state index contributed by atoms with van der Waals surface area (Å²) in [5, 5.41) is 0. The van der Waals surface area contributed by atoms with Gasteiger partial charge in [0.1, 0.15) is 0 Å². The fourth-order valence-electron chi connectivity index (χ4n) is 0.830. The lowest BCUT2D eigenvalue weighted by molar-refractivity contribution is -0.136. The summed E-state index contributed by atoms with van der Waals surface area (Å²) < 4.78 is 4.88. The van der Waals surface area contributed by atoms with E-state index < -0.39 is 0 Å². The number of hydrogen-bond donors (Lipinski definition) is 0. The van der Waals surface area contributed by atoms with E-state index >= 15 is 0 Å². The SMILES string of the molecule is O=C(Oc1ncccn1)C1CC1. The molecular weight excluding hydrogens is 156 g/mol. The van der Waals surface area contributed by atoms with Crippen LogP contribution >= 0.6 is 0 Å². The van der Waals surface area contributed by atoms with Crippen molar-refractivity contribution >= 4 is 5.97 Å². The van der Waals surface area contributed by atoms with E-state index in [0.29, 0.717) is 0 Å². The van der Waals surface area contributed by atoms with Crippen molar-refractivity contribution in [2.75, 3.05) is 0 Å². The van der Waals surface area contributed by atoms with Crippen LogP contribution in [0.4, 0.5) is 0 Å². The highest BCUT2D eigenvalue weighted by atomic mass is 16.5. The third-order valence-electron chi connectivity index (χ3n) is 1.64. The predicted molar refractivity (Wildman–Crippen MR) is 40.4 cm³/mol. The molecule has 0 aromatic carbocycles. The summed E-state index contributed by atoms with van der Waals surface area (Å²) in [6, 6.07) is 1.82. The van der Waals surface area contributed by atoms with Crippen LogP contribution in [0.25, 0.3) is 0 Å². The molecule has 1 saturated carbocycles. The minimum Gasteiger partial charge on any atom is -0.391 e. The van der Waals surface area contributed by atoms with Crippen LogP contribution in [0.3, 0.4) is 0 Å². The van der Waals surface area contributed by atoms with Gasteiger partial charge in [0.05, 0.1) is 5.92 Å². The third-order valence-corrected chi connectivity index (χ3v) is 1.64. The van der Waals surface area contributed by atoms with E-state index in [-0.39, 0.29) is 17.9 Å². The molecule has 0 aliphatic heterocycles. The van der Waals surface area contributed by atoms with Crippen LogP contribution in [0.5, 0.6) is 6.01 Å². The first-order chi connectivity index (χ1) is 5.86. The molecule has 1 heterocycles.